The number of Topliss-reactive ketones (excluding diaryl/α,β-unsaturated/α-hetero) is 1. The van der Waals surface area contributed by atoms with Gasteiger partial charge in [-0.3, -0.25) is 9.78 Å². The maximum Gasteiger partial charge on any atom is 0.145 e. The maximum atomic E-state index is 12.6. The van der Waals surface area contributed by atoms with E-state index in [0.29, 0.717) is 11.7 Å². The molecule has 0 amide bonds. The van der Waals surface area contributed by atoms with Crippen molar-refractivity contribution >= 4 is 5.78 Å². The van der Waals surface area contributed by atoms with E-state index in [2.05, 4.69) is 4.98 Å². The first-order chi connectivity index (χ1) is 8.77. The molecule has 0 spiro atoms. The molecule has 4 rings (SSSR count). The molecule has 18 heavy (non-hydrogen) atoms. The van der Waals surface area contributed by atoms with E-state index in [4.69, 9.17) is 0 Å². The van der Waals surface area contributed by atoms with E-state index in [0.717, 1.165) is 29.4 Å². The van der Waals surface area contributed by atoms with Crippen LogP contribution in [-0.4, -0.2) is 10.8 Å². The Morgan fingerprint density at radius 2 is 2.00 bits per heavy atom. The van der Waals surface area contributed by atoms with Gasteiger partial charge >= 0.3 is 0 Å². The molecule has 1 heterocycles. The van der Waals surface area contributed by atoms with Gasteiger partial charge in [-0.15, -0.1) is 0 Å². The van der Waals surface area contributed by atoms with Crippen molar-refractivity contribution in [2.45, 2.75) is 32.1 Å². The van der Waals surface area contributed by atoms with Crippen molar-refractivity contribution in [2.75, 3.05) is 0 Å². The van der Waals surface area contributed by atoms with Crippen LogP contribution in [0.2, 0.25) is 0 Å². The van der Waals surface area contributed by atoms with Crippen molar-refractivity contribution in [3.8, 4) is 0 Å². The molecule has 0 aliphatic heterocycles. The van der Waals surface area contributed by atoms with E-state index in [1.165, 1.54) is 19.3 Å². The molecule has 0 radical (unpaired) electrons. The molecule has 3 fully saturated rings. The average molecular weight is 241 g/mol. The Bertz CT molecular complexity index is 467. The Balaban J connectivity index is 1.52. The molecule has 3 aliphatic carbocycles. The number of carbonyl (C=O) groups excluding carboxylic acids is 1. The van der Waals surface area contributed by atoms with Crippen LogP contribution in [0.1, 0.15) is 37.8 Å². The Hall–Kier alpha value is -1.18. The summed E-state index contributed by atoms with van der Waals surface area (Å²) < 4.78 is 0. The normalized spacial score (nSPS) is 41.5. The Morgan fingerprint density at radius 1 is 1.28 bits per heavy atom. The zero-order valence-electron chi connectivity index (χ0n) is 10.8. The molecule has 5 atom stereocenters. The molecule has 0 saturated heterocycles. The number of aromatic nitrogens is 1. The summed E-state index contributed by atoms with van der Waals surface area (Å²) in [6, 6.07) is 5.87. The number of ketones is 1. The second kappa shape index (κ2) is 3.66. The lowest BCUT2D eigenvalue weighted by Gasteiger charge is -2.13. The molecule has 94 valence electrons. The van der Waals surface area contributed by atoms with Crippen molar-refractivity contribution < 1.29 is 4.79 Å². The largest absolute Gasteiger partial charge is 0.299 e. The van der Waals surface area contributed by atoms with E-state index in [-0.39, 0.29) is 5.92 Å². The van der Waals surface area contributed by atoms with Gasteiger partial charge in [0.25, 0.3) is 0 Å². The van der Waals surface area contributed by atoms with Crippen LogP contribution in [0.25, 0.3) is 0 Å². The van der Waals surface area contributed by atoms with E-state index in [1.54, 1.807) is 6.20 Å². The maximum absolute atomic E-state index is 12.6. The molecule has 5 unspecified atom stereocenters. The molecule has 2 heteroatoms. The molecule has 1 aromatic heterocycles. The Kier molecular flexibility index (Phi) is 2.18. The second-order valence-electron chi connectivity index (χ2n) is 6.39. The monoisotopic (exact) mass is 241 g/mol. The summed E-state index contributed by atoms with van der Waals surface area (Å²) in [6.07, 6.45) is 5.97. The smallest absolute Gasteiger partial charge is 0.145 e. The fraction of sp³-hybridized carbons (Fsp3) is 0.625. The minimum Gasteiger partial charge on any atom is -0.299 e. The van der Waals surface area contributed by atoms with Crippen LogP contribution in [0.15, 0.2) is 24.4 Å². The van der Waals surface area contributed by atoms with E-state index in [1.807, 2.05) is 25.1 Å². The van der Waals surface area contributed by atoms with Crippen LogP contribution in [-0.2, 0) is 4.79 Å². The van der Waals surface area contributed by atoms with Crippen molar-refractivity contribution in [1.29, 1.82) is 0 Å². The van der Waals surface area contributed by atoms with Crippen LogP contribution in [0.3, 0.4) is 0 Å². The summed E-state index contributed by atoms with van der Waals surface area (Å²) in [5.74, 6) is 4.09. The topological polar surface area (TPSA) is 30.0 Å². The molecular weight excluding hydrogens is 222 g/mol. The number of pyridine rings is 1. The third-order valence-electron chi connectivity index (χ3n) is 5.62. The van der Waals surface area contributed by atoms with E-state index >= 15 is 0 Å². The molecule has 3 aliphatic rings. The quantitative estimate of drug-likeness (QED) is 0.814. The zero-order valence-corrected chi connectivity index (χ0v) is 10.8. The zero-order chi connectivity index (χ0) is 12.3. The van der Waals surface area contributed by atoms with Gasteiger partial charge in [0.2, 0.25) is 0 Å². The molecule has 2 bridgehead atoms. The lowest BCUT2D eigenvalue weighted by molar-refractivity contribution is -0.122. The minimum atomic E-state index is -0.0128. The van der Waals surface area contributed by atoms with E-state index < -0.39 is 0 Å². The fourth-order valence-electron chi connectivity index (χ4n) is 4.77. The molecular formula is C16H19NO. The van der Waals surface area contributed by atoms with Gasteiger partial charge in [-0.1, -0.05) is 6.07 Å². The summed E-state index contributed by atoms with van der Waals surface area (Å²) in [6.45, 7) is 2.03. The Morgan fingerprint density at radius 3 is 2.61 bits per heavy atom. The minimum absolute atomic E-state index is 0.0128. The first kappa shape index (κ1) is 10.7. The van der Waals surface area contributed by atoms with Gasteiger partial charge < -0.3 is 0 Å². The number of fused-ring (bicyclic) bond motifs is 5. The van der Waals surface area contributed by atoms with Crippen molar-refractivity contribution in [2.24, 2.45) is 29.6 Å². The fourth-order valence-corrected chi connectivity index (χ4v) is 4.77. The highest BCUT2D eigenvalue weighted by Crippen LogP contribution is 2.70. The van der Waals surface area contributed by atoms with Gasteiger partial charge in [0.15, 0.2) is 0 Å². The molecule has 0 aromatic carbocycles. The van der Waals surface area contributed by atoms with Crippen molar-refractivity contribution in [1.82, 2.24) is 4.98 Å². The summed E-state index contributed by atoms with van der Waals surface area (Å²) >= 11 is 0. The third-order valence-corrected chi connectivity index (χ3v) is 5.62. The first-order valence-corrected chi connectivity index (χ1v) is 7.22. The van der Waals surface area contributed by atoms with E-state index in [9.17, 15) is 4.79 Å². The lowest BCUT2D eigenvalue weighted by atomic mass is 9.92. The van der Waals surface area contributed by atoms with Crippen LogP contribution < -0.4 is 0 Å². The van der Waals surface area contributed by atoms with Crippen LogP contribution in [0.5, 0.6) is 0 Å². The standard InChI is InChI=1S/C16H19NO/c1-9(12-4-2-3-7-17-12)16(18)15-13-10-5-6-11(8-10)14(13)15/h2-4,7,9-11,13-15H,5-6,8H2,1H3. The lowest BCUT2D eigenvalue weighted by Crippen LogP contribution is -2.17. The van der Waals surface area contributed by atoms with Crippen molar-refractivity contribution in [3.05, 3.63) is 30.1 Å². The first-order valence-electron chi connectivity index (χ1n) is 7.22. The summed E-state index contributed by atoms with van der Waals surface area (Å²) in [5, 5.41) is 0. The second-order valence-corrected chi connectivity index (χ2v) is 6.39. The number of rotatable bonds is 3. The van der Waals surface area contributed by atoms with Crippen LogP contribution >= 0.6 is 0 Å². The predicted molar refractivity (Wildman–Crippen MR) is 69.0 cm³/mol. The number of nitrogens with zero attached hydrogens (tertiary/aromatic N) is 1. The number of carbonyl (C=O) groups is 1. The molecule has 0 N–H and O–H groups in total. The number of hydrogen-bond acceptors (Lipinski definition) is 2. The highest BCUT2D eigenvalue weighted by molar-refractivity contribution is 5.90. The average Bonchev–Trinajstić information content (AvgIpc) is 2.85. The van der Waals surface area contributed by atoms with Crippen molar-refractivity contribution in [3.63, 3.8) is 0 Å². The molecule has 1 aromatic rings. The van der Waals surface area contributed by atoms with Gasteiger partial charge in [-0.05, 0) is 62.0 Å². The Labute approximate surface area is 108 Å². The van der Waals surface area contributed by atoms with Gasteiger partial charge in [-0.25, -0.2) is 0 Å². The third kappa shape index (κ3) is 1.35. The summed E-state index contributed by atoms with van der Waals surface area (Å²) in [7, 11) is 0. The summed E-state index contributed by atoms with van der Waals surface area (Å²) in [4.78, 5) is 16.9. The highest BCUT2D eigenvalue weighted by Gasteiger charge is 2.67. The van der Waals surface area contributed by atoms with Gasteiger partial charge in [-0.2, -0.15) is 0 Å². The molecule has 3 saturated carbocycles. The SMILES string of the molecule is CC(C(=O)C1C2C3CCC(C3)C12)c1ccccn1. The highest BCUT2D eigenvalue weighted by atomic mass is 16.1. The predicted octanol–water partition coefficient (Wildman–Crippen LogP) is 3.05. The molecule has 2 nitrogen and oxygen atoms in total. The number of hydrogen-bond donors (Lipinski definition) is 0. The van der Waals surface area contributed by atoms with Crippen LogP contribution in [0, 0.1) is 29.6 Å². The summed E-state index contributed by atoms with van der Waals surface area (Å²) in [5.41, 5.74) is 0.944. The van der Waals surface area contributed by atoms with Crippen LogP contribution in [0.4, 0.5) is 0 Å². The van der Waals surface area contributed by atoms with Gasteiger partial charge in [0, 0.05) is 12.1 Å². The van der Waals surface area contributed by atoms with Gasteiger partial charge in [0.1, 0.15) is 5.78 Å². The van der Waals surface area contributed by atoms with Gasteiger partial charge in [0.05, 0.1) is 11.6 Å².